The highest BCUT2D eigenvalue weighted by Crippen LogP contribution is 2.29. The van der Waals surface area contributed by atoms with Gasteiger partial charge in [-0.15, -0.1) is 24.2 Å². The molecule has 1 unspecified atom stereocenters. The fraction of sp³-hybridized carbons (Fsp3) is 0.429. The number of nitrogens with one attached hydrogen (secondary N) is 1. The van der Waals surface area contributed by atoms with E-state index in [0.717, 1.165) is 10.0 Å². The molecule has 8 heteroatoms. The molecule has 1 aromatic rings. The summed E-state index contributed by atoms with van der Waals surface area (Å²) < 4.78 is 0.854. The van der Waals surface area contributed by atoms with Crippen molar-refractivity contribution in [2.45, 2.75) is 26.3 Å². The van der Waals surface area contributed by atoms with Gasteiger partial charge in [0.25, 0.3) is 0 Å². The van der Waals surface area contributed by atoms with E-state index in [0.29, 0.717) is 29.4 Å². The number of thioether (sulfide) groups is 1. The van der Waals surface area contributed by atoms with Gasteiger partial charge in [-0.05, 0) is 24.6 Å². The Balaban J connectivity index is 0.00000242. The number of carbonyl (C=O) groups excluding carboxylic acids is 2. The maximum atomic E-state index is 12.4. The Bertz CT molecular complexity index is 585. The van der Waals surface area contributed by atoms with Crippen molar-refractivity contribution >= 4 is 63.3 Å². The summed E-state index contributed by atoms with van der Waals surface area (Å²) in [5.41, 5.74) is 8.01. The molecule has 1 fully saturated rings. The fourth-order valence-electron chi connectivity index (χ4n) is 2.18. The molecule has 1 heterocycles. The minimum absolute atomic E-state index is 0. The lowest BCUT2D eigenvalue weighted by atomic mass is 10.1. The summed E-state index contributed by atoms with van der Waals surface area (Å²) in [6.07, 6.45) is 0.405. The average molecular weight is 409 g/mol. The summed E-state index contributed by atoms with van der Waals surface area (Å²) >= 11 is 4.98. The monoisotopic (exact) mass is 407 g/mol. The van der Waals surface area contributed by atoms with Crippen molar-refractivity contribution in [2.75, 3.05) is 22.7 Å². The van der Waals surface area contributed by atoms with Gasteiger partial charge < -0.3 is 16.0 Å². The Labute approximate surface area is 148 Å². The summed E-state index contributed by atoms with van der Waals surface area (Å²) in [7, 11) is 0. The maximum absolute atomic E-state index is 12.4. The molecule has 122 valence electrons. The predicted molar refractivity (Wildman–Crippen MR) is 97.4 cm³/mol. The number of hydrogen-bond acceptors (Lipinski definition) is 4. The first-order valence-corrected chi connectivity index (χ1v) is 8.62. The van der Waals surface area contributed by atoms with Gasteiger partial charge in [0.1, 0.15) is 6.04 Å². The zero-order valence-corrected chi connectivity index (χ0v) is 15.6. The molecule has 2 amide bonds. The fourth-order valence-corrected chi connectivity index (χ4v) is 3.94. The van der Waals surface area contributed by atoms with Gasteiger partial charge in [-0.3, -0.25) is 9.59 Å². The van der Waals surface area contributed by atoms with Crippen LogP contribution in [-0.2, 0) is 9.59 Å². The molecule has 0 spiro atoms. The van der Waals surface area contributed by atoms with Crippen LogP contribution in [0.3, 0.4) is 0 Å². The van der Waals surface area contributed by atoms with E-state index in [-0.39, 0.29) is 24.2 Å². The second-order valence-corrected chi connectivity index (χ2v) is 6.82. The van der Waals surface area contributed by atoms with Crippen LogP contribution in [0.15, 0.2) is 16.6 Å². The number of carbonyl (C=O) groups is 2. The van der Waals surface area contributed by atoms with Gasteiger partial charge in [-0.2, -0.15) is 0 Å². The van der Waals surface area contributed by atoms with Crippen molar-refractivity contribution in [3.8, 4) is 0 Å². The molecule has 0 saturated carbocycles. The number of benzene rings is 1. The van der Waals surface area contributed by atoms with E-state index < -0.39 is 6.04 Å². The van der Waals surface area contributed by atoms with E-state index in [9.17, 15) is 9.59 Å². The van der Waals surface area contributed by atoms with Gasteiger partial charge in [-0.1, -0.05) is 22.9 Å². The molecule has 1 aliphatic rings. The Morgan fingerprint density at radius 1 is 1.50 bits per heavy atom. The van der Waals surface area contributed by atoms with E-state index >= 15 is 0 Å². The summed E-state index contributed by atoms with van der Waals surface area (Å²) in [5, 5.41) is 2.84. The summed E-state index contributed by atoms with van der Waals surface area (Å²) in [4.78, 5) is 25.9. The van der Waals surface area contributed by atoms with E-state index in [4.69, 9.17) is 5.73 Å². The van der Waals surface area contributed by atoms with Gasteiger partial charge in [0.15, 0.2) is 0 Å². The van der Waals surface area contributed by atoms with Crippen LogP contribution in [0, 0.1) is 6.92 Å². The van der Waals surface area contributed by atoms with Crippen molar-refractivity contribution in [3.63, 3.8) is 0 Å². The van der Waals surface area contributed by atoms with Crippen LogP contribution in [0.5, 0.6) is 0 Å². The molecule has 1 saturated heterocycles. The Hall–Kier alpha value is -0.920. The Morgan fingerprint density at radius 3 is 2.82 bits per heavy atom. The van der Waals surface area contributed by atoms with Crippen LogP contribution in [0.2, 0.25) is 0 Å². The highest BCUT2D eigenvalue weighted by Gasteiger charge is 2.34. The Kier molecular flexibility index (Phi) is 7.02. The second kappa shape index (κ2) is 8.08. The van der Waals surface area contributed by atoms with Crippen LogP contribution in [0.4, 0.5) is 11.4 Å². The van der Waals surface area contributed by atoms with Gasteiger partial charge >= 0.3 is 0 Å². The number of aryl methyl sites for hydroxylation is 1. The third-order valence-corrected chi connectivity index (χ3v) is 4.89. The first-order chi connectivity index (χ1) is 9.93. The van der Waals surface area contributed by atoms with Crippen LogP contribution in [0.25, 0.3) is 0 Å². The SMILES string of the molecule is CCC(=O)N1CSCC1C(=O)Nc1cc(Br)cc(C)c1N.Cl. The van der Waals surface area contributed by atoms with Gasteiger partial charge in [0, 0.05) is 16.6 Å². The van der Waals surface area contributed by atoms with Crippen molar-refractivity contribution in [1.29, 1.82) is 0 Å². The van der Waals surface area contributed by atoms with Gasteiger partial charge in [-0.25, -0.2) is 0 Å². The molecule has 1 aromatic carbocycles. The molecule has 22 heavy (non-hydrogen) atoms. The highest BCUT2D eigenvalue weighted by atomic mass is 79.9. The molecule has 0 aliphatic carbocycles. The van der Waals surface area contributed by atoms with E-state index in [1.165, 1.54) is 0 Å². The lowest BCUT2D eigenvalue weighted by Gasteiger charge is -2.23. The van der Waals surface area contributed by atoms with Crippen LogP contribution in [-0.4, -0.2) is 34.4 Å². The summed E-state index contributed by atoms with van der Waals surface area (Å²) in [5.74, 6) is 0.993. The quantitative estimate of drug-likeness (QED) is 0.754. The molecule has 1 aliphatic heterocycles. The maximum Gasteiger partial charge on any atom is 0.248 e. The number of amides is 2. The minimum atomic E-state index is -0.430. The molecule has 3 N–H and O–H groups in total. The first kappa shape index (κ1) is 19.1. The van der Waals surface area contributed by atoms with E-state index in [1.54, 1.807) is 29.7 Å². The number of rotatable bonds is 3. The molecular weight excluding hydrogens is 390 g/mol. The smallest absolute Gasteiger partial charge is 0.248 e. The van der Waals surface area contributed by atoms with Crippen LogP contribution >= 0.6 is 40.1 Å². The van der Waals surface area contributed by atoms with Crippen LogP contribution < -0.4 is 11.1 Å². The predicted octanol–water partition coefficient (Wildman–Crippen LogP) is 3.01. The third kappa shape index (κ3) is 4.08. The molecular formula is C14H19BrClN3O2S. The highest BCUT2D eigenvalue weighted by molar-refractivity contribution is 9.10. The normalized spacial score (nSPS) is 17.0. The molecule has 5 nitrogen and oxygen atoms in total. The number of nitrogens with zero attached hydrogens (tertiary/aromatic N) is 1. The number of nitrogens with two attached hydrogens (primary N) is 1. The summed E-state index contributed by atoms with van der Waals surface area (Å²) in [6.45, 7) is 3.68. The zero-order valence-electron chi connectivity index (χ0n) is 12.4. The number of nitrogen functional groups attached to an aromatic ring is 1. The number of halogens is 2. The molecule has 0 bridgehead atoms. The molecule has 0 aromatic heterocycles. The third-order valence-electron chi connectivity index (χ3n) is 3.42. The average Bonchev–Trinajstić information content (AvgIpc) is 2.92. The molecule has 2 rings (SSSR count). The second-order valence-electron chi connectivity index (χ2n) is 4.91. The van der Waals surface area contributed by atoms with E-state index in [2.05, 4.69) is 21.2 Å². The van der Waals surface area contributed by atoms with Crippen molar-refractivity contribution in [2.24, 2.45) is 0 Å². The number of hydrogen-bond donors (Lipinski definition) is 2. The summed E-state index contributed by atoms with van der Waals surface area (Å²) in [6, 6.07) is 3.23. The van der Waals surface area contributed by atoms with Crippen molar-refractivity contribution in [3.05, 3.63) is 22.2 Å². The van der Waals surface area contributed by atoms with Crippen molar-refractivity contribution in [1.82, 2.24) is 4.90 Å². The lowest BCUT2D eigenvalue weighted by molar-refractivity contribution is -0.135. The zero-order chi connectivity index (χ0) is 15.6. The molecule has 0 radical (unpaired) electrons. The topological polar surface area (TPSA) is 75.4 Å². The van der Waals surface area contributed by atoms with Gasteiger partial charge in [0.05, 0.1) is 17.3 Å². The van der Waals surface area contributed by atoms with E-state index in [1.807, 2.05) is 13.0 Å². The minimum Gasteiger partial charge on any atom is -0.397 e. The van der Waals surface area contributed by atoms with Gasteiger partial charge in [0.2, 0.25) is 11.8 Å². The van der Waals surface area contributed by atoms with Crippen LogP contribution in [0.1, 0.15) is 18.9 Å². The molecule has 1 atom stereocenters. The number of anilines is 2. The Morgan fingerprint density at radius 2 is 2.18 bits per heavy atom. The standard InChI is InChI=1S/C14H18BrN3O2S.ClH/c1-3-12(19)18-7-21-6-11(18)14(20)17-10-5-9(15)4-8(2)13(10)16;/h4-5,11H,3,6-7,16H2,1-2H3,(H,17,20);1H. The first-order valence-electron chi connectivity index (χ1n) is 6.67. The van der Waals surface area contributed by atoms with Crippen molar-refractivity contribution < 1.29 is 9.59 Å². The largest absolute Gasteiger partial charge is 0.397 e. The lowest BCUT2D eigenvalue weighted by Crippen LogP contribution is -2.44.